The van der Waals surface area contributed by atoms with Gasteiger partial charge in [0.15, 0.2) is 0 Å². The average molecular weight is 214 g/mol. The van der Waals surface area contributed by atoms with Crippen molar-refractivity contribution in [2.45, 2.75) is 19.8 Å². The average Bonchev–Trinajstić information content (AvgIpc) is 2.25. The van der Waals surface area contributed by atoms with Crippen LogP contribution in [0.2, 0.25) is 0 Å². The van der Waals surface area contributed by atoms with E-state index in [4.69, 9.17) is 4.74 Å². The van der Waals surface area contributed by atoms with Crippen LogP contribution in [0.3, 0.4) is 0 Å². The number of ether oxygens (including phenoxy) is 1. The van der Waals surface area contributed by atoms with Gasteiger partial charge in [0.05, 0.1) is 12.2 Å². The third kappa shape index (κ3) is 3.01. The first-order chi connectivity index (χ1) is 7.16. The lowest BCUT2D eigenvalue weighted by Crippen LogP contribution is -2.12. The van der Waals surface area contributed by atoms with Crippen LogP contribution < -0.4 is 4.74 Å². The fraction of sp³-hybridized carbons (Fsp3) is 0.364. The predicted molar refractivity (Wildman–Crippen MR) is 52.6 cm³/mol. The zero-order chi connectivity index (χ0) is 11.3. The third-order valence-electron chi connectivity index (χ3n) is 1.81. The Balaban J connectivity index is 2.90. The van der Waals surface area contributed by atoms with E-state index in [1.54, 1.807) is 6.07 Å². The van der Waals surface area contributed by atoms with Crippen LogP contribution in [0.5, 0.6) is 5.75 Å². The summed E-state index contributed by atoms with van der Waals surface area (Å²) in [5.74, 6) is -0.966. The number of ketones is 1. The smallest absolute Gasteiger partial charge is 0.300 e. The summed E-state index contributed by atoms with van der Waals surface area (Å²) in [4.78, 5) is 11.1. The minimum Gasteiger partial charge on any atom is -0.493 e. The summed E-state index contributed by atoms with van der Waals surface area (Å²) in [5, 5.41) is 0. The lowest BCUT2D eigenvalue weighted by molar-refractivity contribution is 0.0674. The molecular weight excluding hydrogens is 202 g/mol. The van der Waals surface area contributed by atoms with Crippen molar-refractivity contribution < 1.29 is 18.3 Å². The maximum absolute atomic E-state index is 12.2. The highest BCUT2D eigenvalue weighted by molar-refractivity contribution is 6.00. The van der Waals surface area contributed by atoms with Crippen molar-refractivity contribution in [1.82, 2.24) is 0 Å². The molecule has 0 amide bonds. The number of hydrogen-bond acceptors (Lipinski definition) is 2. The van der Waals surface area contributed by atoms with Crippen molar-refractivity contribution in [2.75, 3.05) is 6.61 Å². The molecule has 0 N–H and O–H groups in total. The number of para-hydroxylation sites is 1. The Morgan fingerprint density at radius 2 is 2.07 bits per heavy atom. The van der Waals surface area contributed by atoms with Gasteiger partial charge in [0.25, 0.3) is 0 Å². The first kappa shape index (κ1) is 11.6. The van der Waals surface area contributed by atoms with Crippen molar-refractivity contribution in [3.8, 4) is 5.75 Å². The van der Waals surface area contributed by atoms with E-state index in [0.717, 1.165) is 6.42 Å². The monoisotopic (exact) mass is 214 g/mol. The molecule has 0 atom stereocenters. The molecular formula is C11H12F2O2. The van der Waals surface area contributed by atoms with Gasteiger partial charge in [0.2, 0.25) is 5.78 Å². The van der Waals surface area contributed by atoms with Crippen LogP contribution in [-0.2, 0) is 0 Å². The number of halogens is 2. The van der Waals surface area contributed by atoms with Gasteiger partial charge in [-0.25, -0.2) is 8.78 Å². The molecule has 0 saturated heterocycles. The van der Waals surface area contributed by atoms with E-state index in [2.05, 4.69) is 0 Å². The summed E-state index contributed by atoms with van der Waals surface area (Å²) in [6, 6.07) is 6.05. The van der Waals surface area contributed by atoms with Gasteiger partial charge >= 0.3 is 6.43 Å². The van der Waals surface area contributed by atoms with E-state index in [9.17, 15) is 13.6 Å². The number of alkyl halides is 2. The molecule has 0 fully saturated rings. The molecule has 1 rings (SSSR count). The lowest BCUT2D eigenvalue weighted by Gasteiger charge is -2.09. The SMILES string of the molecule is CCCOc1ccccc1C(=O)C(F)F. The largest absolute Gasteiger partial charge is 0.493 e. The molecule has 0 spiro atoms. The summed E-state index contributed by atoms with van der Waals surface area (Å²) in [6.07, 6.45) is -2.23. The highest BCUT2D eigenvalue weighted by Gasteiger charge is 2.21. The van der Waals surface area contributed by atoms with E-state index in [-0.39, 0.29) is 11.3 Å². The number of benzene rings is 1. The van der Waals surface area contributed by atoms with E-state index in [0.29, 0.717) is 6.61 Å². The second kappa shape index (κ2) is 5.44. The molecule has 0 unspecified atom stereocenters. The van der Waals surface area contributed by atoms with Gasteiger partial charge in [-0.3, -0.25) is 4.79 Å². The molecule has 0 saturated carbocycles. The Morgan fingerprint density at radius 3 is 2.67 bits per heavy atom. The molecule has 2 nitrogen and oxygen atoms in total. The predicted octanol–water partition coefficient (Wildman–Crippen LogP) is 2.92. The van der Waals surface area contributed by atoms with Gasteiger partial charge in [-0.05, 0) is 18.6 Å². The van der Waals surface area contributed by atoms with Crippen molar-refractivity contribution in [2.24, 2.45) is 0 Å². The molecule has 0 aliphatic rings. The molecule has 0 aliphatic carbocycles. The fourth-order valence-corrected chi connectivity index (χ4v) is 1.13. The Kier molecular flexibility index (Phi) is 4.21. The Morgan fingerprint density at radius 1 is 1.40 bits per heavy atom. The molecule has 1 aromatic carbocycles. The van der Waals surface area contributed by atoms with Crippen molar-refractivity contribution in [3.05, 3.63) is 29.8 Å². The van der Waals surface area contributed by atoms with Gasteiger partial charge in [-0.1, -0.05) is 19.1 Å². The van der Waals surface area contributed by atoms with Crippen molar-refractivity contribution in [1.29, 1.82) is 0 Å². The summed E-state index contributed by atoms with van der Waals surface area (Å²) in [7, 11) is 0. The van der Waals surface area contributed by atoms with Crippen LogP contribution in [0.25, 0.3) is 0 Å². The Bertz CT molecular complexity index is 337. The molecule has 0 bridgehead atoms. The quantitative estimate of drug-likeness (QED) is 0.704. The maximum atomic E-state index is 12.2. The Labute approximate surface area is 86.9 Å². The van der Waals surface area contributed by atoms with Crippen LogP contribution in [0.4, 0.5) is 8.78 Å². The first-order valence-corrected chi connectivity index (χ1v) is 4.71. The molecule has 0 radical (unpaired) electrons. The van der Waals surface area contributed by atoms with Crippen LogP contribution in [0.15, 0.2) is 24.3 Å². The molecule has 4 heteroatoms. The van der Waals surface area contributed by atoms with Gasteiger partial charge in [-0.15, -0.1) is 0 Å². The van der Waals surface area contributed by atoms with Crippen molar-refractivity contribution >= 4 is 5.78 Å². The van der Waals surface area contributed by atoms with E-state index in [1.807, 2.05) is 6.92 Å². The van der Waals surface area contributed by atoms with Gasteiger partial charge in [-0.2, -0.15) is 0 Å². The van der Waals surface area contributed by atoms with Crippen molar-refractivity contribution in [3.63, 3.8) is 0 Å². The minimum atomic E-state index is -2.99. The molecule has 0 aromatic heterocycles. The van der Waals surface area contributed by atoms with Crippen LogP contribution in [0, 0.1) is 0 Å². The van der Waals surface area contributed by atoms with Gasteiger partial charge in [0, 0.05) is 0 Å². The number of Topliss-reactive ketones (excluding diaryl/α,β-unsaturated/α-hetero) is 1. The highest BCUT2D eigenvalue weighted by Crippen LogP contribution is 2.21. The maximum Gasteiger partial charge on any atom is 0.300 e. The zero-order valence-corrected chi connectivity index (χ0v) is 8.37. The van der Waals surface area contributed by atoms with Crippen LogP contribution in [0.1, 0.15) is 23.7 Å². The minimum absolute atomic E-state index is 0.0547. The molecule has 1 aromatic rings. The third-order valence-corrected chi connectivity index (χ3v) is 1.81. The first-order valence-electron chi connectivity index (χ1n) is 4.71. The number of hydrogen-bond donors (Lipinski definition) is 0. The second-order valence-electron chi connectivity index (χ2n) is 3.01. The lowest BCUT2D eigenvalue weighted by atomic mass is 10.1. The Hall–Kier alpha value is -1.45. The number of rotatable bonds is 5. The molecule has 0 aliphatic heterocycles. The zero-order valence-electron chi connectivity index (χ0n) is 8.37. The normalized spacial score (nSPS) is 10.4. The van der Waals surface area contributed by atoms with Crippen LogP contribution in [-0.4, -0.2) is 18.8 Å². The number of carbonyl (C=O) groups excluding carboxylic acids is 1. The second-order valence-corrected chi connectivity index (χ2v) is 3.01. The summed E-state index contributed by atoms with van der Waals surface area (Å²) < 4.78 is 29.6. The van der Waals surface area contributed by atoms with Gasteiger partial charge < -0.3 is 4.74 Å². The molecule has 15 heavy (non-hydrogen) atoms. The summed E-state index contributed by atoms with van der Waals surface area (Å²) in [5.41, 5.74) is -0.0547. The molecule has 82 valence electrons. The van der Waals surface area contributed by atoms with E-state index < -0.39 is 12.2 Å². The number of carbonyl (C=O) groups is 1. The van der Waals surface area contributed by atoms with E-state index >= 15 is 0 Å². The van der Waals surface area contributed by atoms with Gasteiger partial charge in [0.1, 0.15) is 5.75 Å². The molecule has 0 heterocycles. The van der Waals surface area contributed by atoms with E-state index in [1.165, 1.54) is 18.2 Å². The summed E-state index contributed by atoms with van der Waals surface area (Å²) >= 11 is 0. The topological polar surface area (TPSA) is 26.3 Å². The fourth-order valence-electron chi connectivity index (χ4n) is 1.13. The standard InChI is InChI=1S/C11H12F2O2/c1-2-7-15-9-6-4-3-5-8(9)10(14)11(12)13/h3-6,11H,2,7H2,1H3. The summed E-state index contributed by atoms with van der Waals surface area (Å²) in [6.45, 7) is 2.31. The highest BCUT2D eigenvalue weighted by atomic mass is 19.3. The van der Waals surface area contributed by atoms with Crippen LogP contribution >= 0.6 is 0 Å².